The van der Waals surface area contributed by atoms with E-state index in [2.05, 4.69) is 27.9 Å². The third-order valence-electron chi connectivity index (χ3n) is 4.98. The maximum absolute atomic E-state index is 10.9. The zero-order valence-electron chi connectivity index (χ0n) is 17.9. The molecular weight excluding hydrogens is 410 g/mol. The van der Waals surface area contributed by atoms with E-state index >= 15 is 0 Å². The van der Waals surface area contributed by atoms with Crippen molar-refractivity contribution in [2.24, 2.45) is 5.10 Å². The normalized spacial score (nSPS) is 11.3. The van der Waals surface area contributed by atoms with Crippen molar-refractivity contribution >= 4 is 35.0 Å². The summed E-state index contributed by atoms with van der Waals surface area (Å²) in [6.45, 7) is 8.42. The fourth-order valence-corrected chi connectivity index (χ4v) is 3.25. The SMILES string of the molecule is CCn1nc(/C(C)=N/NC(=S)Nc2ccc(C=O)cc2)c(O)c1-c1ccc(C)c(C)c1. The van der Waals surface area contributed by atoms with Gasteiger partial charge in [0, 0.05) is 23.4 Å². The summed E-state index contributed by atoms with van der Waals surface area (Å²) in [5, 5.41) is 23.0. The lowest BCUT2D eigenvalue weighted by Gasteiger charge is -2.08. The van der Waals surface area contributed by atoms with E-state index in [4.69, 9.17) is 12.2 Å². The molecule has 2 aromatic carbocycles. The monoisotopic (exact) mass is 435 g/mol. The second kappa shape index (κ2) is 9.53. The Kier molecular flexibility index (Phi) is 6.81. The van der Waals surface area contributed by atoms with Crippen molar-refractivity contribution in [3.8, 4) is 17.0 Å². The van der Waals surface area contributed by atoms with Crippen LogP contribution in [0, 0.1) is 13.8 Å². The van der Waals surface area contributed by atoms with Crippen LogP contribution in [0.5, 0.6) is 5.75 Å². The Bertz CT molecular complexity index is 1150. The molecule has 0 saturated heterocycles. The molecule has 3 N–H and O–H groups in total. The summed E-state index contributed by atoms with van der Waals surface area (Å²) in [6, 6.07) is 12.9. The summed E-state index contributed by atoms with van der Waals surface area (Å²) < 4.78 is 1.76. The number of anilines is 1. The van der Waals surface area contributed by atoms with E-state index in [1.807, 2.05) is 32.0 Å². The number of nitrogens with one attached hydrogen (secondary N) is 2. The van der Waals surface area contributed by atoms with Gasteiger partial charge in [0.2, 0.25) is 0 Å². The minimum atomic E-state index is 0.0801. The molecule has 0 aliphatic rings. The Labute approximate surface area is 186 Å². The lowest BCUT2D eigenvalue weighted by atomic mass is 10.0. The first kappa shape index (κ1) is 22.2. The Balaban J connectivity index is 1.80. The minimum Gasteiger partial charge on any atom is -0.504 e. The third kappa shape index (κ3) is 4.97. The molecule has 1 heterocycles. The molecule has 0 atom stereocenters. The second-order valence-corrected chi connectivity index (χ2v) is 7.57. The fourth-order valence-electron chi connectivity index (χ4n) is 3.09. The summed E-state index contributed by atoms with van der Waals surface area (Å²) in [5.41, 5.74) is 8.86. The van der Waals surface area contributed by atoms with Crippen LogP contribution in [-0.2, 0) is 6.54 Å². The fraction of sp³-hybridized carbons (Fsp3) is 0.217. The highest BCUT2D eigenvalue weighted by Crippen LogP contribution is 2.33. The van der Waals surface area contributed by atoms with Gasteiger partial charge in [0.15, 0.2) is 16.6 Å². The van der Waals surface area contributed by atoms with Gasteiger partial charge < -0.3 is 10.4 Å². The number of aromatic hydroxyl groups is 1. The Morgan fingerprint density at radius 1 is 1.19 bits per heavy atom. The topological polar surface area (TPSA) is 91.5 Å². The molecule has 0 fully saturated rings. The number of hydrogen-bond acceptors (Lipinski definition) is 5. The van der Waals surface area contributed by atoms with Crippen molar-refractivity contribution in [2.45, 2.75) is 34.2 Å². The number of aromatic nitrogens is 2. The molecule has 0 spiro atoms. The van der Waals surface area contributed by atoms with Gasteiger partial charge in [-0.15, -0.1) is 0 Å². The lowest BCUT2D eigenvalue weighted by molar-refractivity contribution is 0.112. The quantitative estimate of drug-likeness (QED) is 0.230. The molecule has 0 aliphatic heterocycles. The van der Waals surface area contributed by atoms with Crippen molar-refractivity contribution in [3.05, 3.63) is 64.8 Å². The van der Waals surface area contributed by atoms with Crippen LogP contribution in [0.1, 0.15) is 41.0 Å². The first-order valence-corrected chi connectivity index (χ1v) is 10.3. The summed E-state index contributed by atoms with van der Waals surface area (Å²) >= 11 is 5.27. The highest BCUT2D eigenvalue weighted by atomic mass is 32.1. The van der Waals surface area contributed by atoms with Gasteiger partial charge in [-0.25, -0.2) is 0 Å². The molecule has 0 unspecified atom stereocenters. The maximum atomic E-state index is 10.9. The number of carbonyl (C=O) groups is 1. The third-order valence-corrected chi connectivity index (χ3v) is 5.17. The first-order valence-electron chi connectivity index (χ1n) is 9.88. The van der Waals surface area contributed by atoms with E-state index in [-0.39, 0.29) is 10.9 Å². The van der Waals surface area contributed by atoms with Crippen molar-refractivity contribution in [2.75, 3.05) is 5.32 Å². The van der Waals surface area contributed by atoms with E-state index < -0.39 is 0 Å². The predicted molar refractivity (Wildman–Crippen MR) is 128 cm³/mol. The van der Waals surface area contributed by atoms with Gasteiger partial charge in [-0.2, -0.15) is 10.2 Å². The first-order chi connectivity index (χ1) is 14.8. The number of aldehydes is 1. The van der Waals surface area contributed by atoms with E-state index in [0.717, 1.165) is 23.1 Å². The smallest absolute Gasteiger partial charge is 0.191 e. The summed E-state index contributed by atoms with van der Waals surface area (Å²) in [5.74, 6) is 0.0801. The van der Waals surface area contributed by atoms with E-state index in [1.165, 1.54) is 5.56 Å². The number of benzene rings is 2. The number of hydrogen-bond donors (Lipinski definition) is 3. The van der Waals surface area contributed by atoms with E-state index in [0.29, 0.717) is 29.2 Å². The van der Waals surface area contributed by atoms with Crippen molar-refractivity contribution < 1.29 is 9.90 Å². The van der Waals surface area contributed by atoms with Crippen molar-refractivity contribution in [1.29, 1.82) is 0 Å². The molecule has 0 bridgehead atoms. The minimum absolute atomic E-state index is 0.0801. The van der Waals surface area contributed by atoms with Gasteiger partial charge in [-0.05, 0) is 81.4 Å². The zero-order valence-corrected chi connectivity index (χ0v) is 18.7. The molecule has 7 nitrogen and oxygen atoms in total. The van der Waals surface area contributed by atoms with Crippen LogP contribution >= 0.6 is 12.2 Å². The molecule has 0 saturated carbocycles. The lowest BCUT2D eigenvalue weighted by Crippen LogP contribution is -2.25. The van der Waals surface area contributed by atoms with Gasteiger partial charge in [-0.1, -0.05) is 12.1 Å². The highest BCUT2D eigenvalue weighted by Gasteiger charge is 2.20. The zero-order chi connectivity index (χ0) is 22.5. The largest absolute Gasteiger partial charge is 0.504 e. The predicted octanol–water partition coefficient (Wildman–Crippen LogP) is 4.42. The summed E-state index contributed by atoms with van der Waals surface area (Å²) in [4.78, 5) is 10.7. The molecule has 3 aromatic rings. The van der Waals surface area contributed by atoms with Crippen LogP contribution in [0.25, 0.3) is 11.3 Å². The molecule has 31 heavy (non-hydrogen) atoms. The average molecular weight is 436 g/mol. The van der Waals surface area contributed by atoms with Gasteiger partial charge in [0.05, 0.1) is 5.71 Å². The maximum Gasteiger partial charge on any atom is 0.191 e. The number of hydrazone groups is 1. The van der Waals surface area contributed by atoms with Gasteiger partial charge in [0.1, 0.15) is 12.0 Å². The number of rotatable bonds is 6. The van der Waals surface area contributed by atoms with Gasteiger partial charge >= 0.3 is 0 Å². The molecule has 0 radical (unpaired) electrons. The number of nitrogens with zero attached hydrogens (tertiary/aromatic N) is 3. The summed E-state index contributed by atoms with van der Waals surface area (Å²) in [7, 11) is 0. The van der Waals surface area contributed by atoms with Crippen LogP contribution < -0.4 is 10.7 Å². The number of aryl methyl sites for hydroxylation is 3. The number of carbonyl (C=O) groups excluding carboxylic acids is 1. The molecule has 3 rings (SSSR count). The molecular formula is C23H25N5O2S. The standard InChI is InChI=1S/C23H25N5O2S/c1-5-28-21(18-9-6-14(2)15(3)12-18)22(30)20(27-28)16(4)25-26-23(31)24-19-10-7-17(13-29)8-11-19/h6-13,30H,5H2,1-4H3,(H2,24,26,31)/b25-16+. The van der Waals surface area contributed by atoms with Gasteiger partial charge in [0.25, 0.3) is 0 Å². The summed E-state index contributed by atoms with van der Waals surface area (Å²) in [6.07, 6.45) is 0.780. The Morgan fingerprint density at radius 3 is 2.52 bits per heavy atom. The van der Waals surface area contributed by atoms with Gasteiger partial charge in [-0.3, -0.25) is 14.9 Å². The average Bonchev–Trinajstić information content (AvgIpc) is 3.11. The number of thiocarbonyl (C=S) groups is 1. The molecule has 1 aromatic heterocycles. The van der Waals surface area contributed by atoms with Crippen LogP contribution in [0.3, 0.4) is 0 Å². The van der Waals surface area contributed by atoms with E-state index in [9.17, 15) is 9.90 Å². The molecule has 0 aliphatic carbocycles. The second-order valence-electron chi connectivity index (χ2n) is 7.16. The van der Waals surface area contributed by atoms with E-state index in [1.54, 1.807) is 35.9 Å². The van der Waals surface area contributed by atoms with Crippen LogP contribution in [0.15, 0.2) is 47.6 Å². The van der Waals surface area contributed by atoms with Crippen molar-refractivity contribution in [1.82, 2.24) is 15.2 Å². The van der Waals surface area contributed by atoms with Crippen LogP contribution in [0.2, 0.25) is 0 Å². The highest BCUT2D eigenvalue weighted by molar-refractivity contribution is 7.80. The molecule has 0 amide bonds. The van der Waals surface area contributed by atoms with Crippen molar-refractivity contribution in [3.63, 3.8) is 0 Å². The molecule has 8 heteroatoms. The Hall–Kier alpha value is -3.52. The van der Waals surface area contributed by atoms with Crippen LogP contribution in [-0.4, -0.2) is 32.0 Å². The Morgan fingerprint density at radius 2 is 1.90 bits per heavy atom. The molecule has 160 valence electrons. The van der Waals surface area contributed by atoms with Crippen LogP contribution in [0.4, 0.5) is 5.69 Å².